The van der Waals surface area contributed by atoms with Crippen LogP contribution in [0.3, 0.4) is 0 Å². The van der Waals surface area contributed by atoms with Crippen LogP contribution in [-0.4, -0.2) is 58.1 Å². The standard InChI is InChI=1S/C7H14O5/c8-2-6(10)7(11)5(9)1-4-3-12-4/h4-11H,1-3H2/t4?,5?,6-,7+/m1/s1. The Morgan fingerprint density at radius 1 is 1.25 bits per heavy atom. The number of rotatable bonds is 5. The van der Waals surface area contributed by atoms with Crippen molar-refractivity contribution in [2.24, 2.45) is 0 Å². The third-order valence-electron chi connectivity index (χ3n) is 1.88. The average molecular weight is 178 g/mol. The maximum absolute atomic E-state index is 9.23. The highest BCUT2D eigenvalue weighted by Crippen LogP contribution is 2.18. The molecule has 0 aliphatic carbocycles. The van der Waals surface area contributed by atoms with Crippen molar-refractivity contribution in [3.8, 4) is 0 Å². The van der Waals surface area contributed by atoms with Crippen LogP contribution in [0.1, 0.15) is 6.42 Å². The molecule has 4 atom stereocenters. The molecular formula is C7H14O5. The van der Waals surface area contributed by atoms with Crippen LogP contribution in [0.4, 0.5) is 0 Å². The van der Waals surface area contributed by atoms with E-state index < -0.39 is 24.9 Å². The van der Waals surface area contributed by atoms with Gasteiger partial charge < -0.3 is 25.2 Å². The summed E-state index contributed by atoms with van der Waals surface area (Å²) < 4.78 is 4.83. The number of aliphatic hydroxyl groups excluding tert-OH is 4. The zero-order valence-corrected chi connectivity index (χ0v) is 6.63. The molecule has 0 aromatic carbocycles. The van der Waals surface area contributed by atoms with Gasteiger partial charge in [-0.05, 0) is 0 Å². The van der Waals surface area contributed by atoms with Gasteiger partial charge >= 0.3 is 0 Å². The number of aliphatic hydroxyl groups is 4. The minimum absolute atomic E-state index is 0.000503. The van der Waals surface area contributed by atoms with Gasteiger partial charge in [-0.2, -0.15) is 0 Å². The molecule has 0 amide bonds. The van der Waals surface area contributed by atoms with Crippen molar-refractivity contribution >= 4 is 0 Å². The highest BCUT2D eigenvalue weighted by molar-refractivity contribution is 4.81. The van der Waals surface area contributed by atoms with E-state index in [-0.39, 0.29) is 6.10 Å². The minimum atomic E-state index is -1.29. The summed E-state index contributed by atoms with van der Waals surface area (Å²) in [5.41, 5.74) is 0. The van der Waals surface area contributed by atoms with Crippen LogP contribution in [-0.2, 0) is 4.74 Å². The van der Waals surface area contributed by atoms with Crippen molar-refractivity contribution in [2.45, 2.75) is 30.8 Å². The Kier molecular flexibility index (Phi) is 3.42. The van der Waals surface area contributed by atoms with Gasteiger partial charge in [0.2, 0.25) is 0 Å². The zero-order chi connectivity index (χ0) is 9.14. The molecule has 72 valence electrons. The van der Waals surface area contributed by atoms with Gasteiger partial charge in [0.05, 0.1) is 25.4 Å². The molecule has 5 nitrogen and oxygen atoms in total. The van der Waals surface area contributed by atoms with Crippen LogP contribution >= 0.6 is 0 Å². The molecule has 1 heterocycles. The molecule has 1 aliphatic rings. The van der Waals surface area contributed by atoms with Crippen molar-refractivity contribution in [1.29, 1.82) is 0 Å². The van der Waals surface area contributed by atoms with Gasteiger partial charge in [-0.1, -0.05) is 0 Å². The van der Waals surface area contributed by atoms with Gasteiger partial charge in [0.1, 0.15) is 12.2 Å². The fraction of sp³-hybridized carbons (Fsp3) is 1.00. The molecule has 5 heteroatoms. The number of hydrogen-bond acceptors (Lipinski definition) is 5. The van der Waals surface area contributed by atoms with E-state index in [9.17, 15) is 5.11 Å². The van der Waals surface area contributed by atoms with Gasteiger partial charge in [0.25, 0.3) is 0 Å². The molecular weight excluding hydrogens is 164 g/mol. The Hall–Kier alpha value is -0.200. The van der Waals surface area contributed by atoms with Gasteiger partial charge in [-0.25, -0.2) is 0 Å². The molecule has 0 bridgehead atoms. The molecule has 1 aliphatic heterocycles. The first-order valence-corrected chi connectivity index (χ1v) is 3.91. The van der Waals surface area contributed by atoms with Crippen LogP contribution in [0, 0.1) is 0 Å². The smallest absolute Gasteiger partial charge is 0.108 e. The van der Waals surface area contributed by atoms with Crippen molar-refractivity contribution < 1.29 is 25.2 Å². The Morgan fingerprint density at radius 3 is 2.25 bits per heavy atom. The Balaban J connectivity index is 2.23. The van der Waals surface area contributed by atoms with E-state index in [0.717, 1.165) is 0 Å². The SMILES string of the molecule is OC[C@@H](O)[C@@H](O)C(O)CC1CO1. The average Bonchev–Trinajstić information content (AvgIpc) is 2.85. The molecule has 2 unspecified atom stereocenters. The summed E-state index contributed by atoms with van der Waals surface area (Å²) in [7, 11) is 0. The summed E-state index contributed by atoms with van der Waals surface area (Å²) in [6.07, 6.45) is -3.30. The summed E-state index contributed by atoms with van der Waals surface area (Å²) in [6.45, 7) is 0.0444. The second-order valence-electron chi connectivity index (χ2n) is 3.00. The molecule has 12 heavy (non-hydrogen) atoms. The normalized spacial score (nSPS) is 29.5. The van der Waals surface area contributed by atoms with Gasteiger partial charge in [0, 0.05) is 6.42 Å². The second kappa shape index (κ2) is 4.15. The fourth-order valence-electron chi connectivity index (χ4n) is 0.977. The van der Waals surface area contributed by atoms with Crippen LogP contribution < -0.4 is 0 Å². The Bertz CT molecular complexity index is 136. The molecule has 0 aromatic rings. The van der Waals surface area contributed by atoms with Crippen molar-refractivity contribution in [3.05, 3.63) is 0 Å². The van der Waals surface area contributed by atoms with Crippen LogP contribution in [0.2, 0.25) is 0 Å². The van der Waals surface area contributed by atoms with Gasteiger partial charge in [-0.3, -0.25) is 0 Å². The highest BCUT2D eigenvalue weighted by Gasteiger charge is 2.31. The predicted octanol–water partition coefficient (Wildman–Crippen LogP) is -2.15. The summed E-state index contributed by atoms with van der Waals surface area (Å²) in [5, 5.41) is 35.8. The summed E-state index contributed by atoms with van der Waals surface area (Å²) >= 11 is 0. The number of ether oxygens (including phenoxy) is 1. The number of epoxide rings is 1. The molecule has 1 rings (SSSR count). The first-order chi connectivity index (χ1) is 5.65. The van der Waals surface area contributed by atoms with Crippen molar-refractivity contribution in [3.63, 3.8) is 0 Å². The lowest BCUT2D eigenvalue weighted by Crippen LogP contribution is -2.40. The van der Waals surface area contributed by atoms with Crippen molar-refractivity contribution in [1.82, 2.24) is 0 Å². The Morgan fingerprint density at radius 2 is 1.83 bits per heavy atom. The van der Waals surface area contributed by atoms with E-state index in [1.807, 2.05) is 0 Å². The van der Waals surface area contributed by atoms with E-state index in [4.69, 9.17) is 20.1 Å². The zero-order valence-electron chi connectivity index (χ0n) is 6.63. The van der Waals surface area contributed by atoms with E-state index >= 15 is 0 Å². The van der Waals surface area contributed by atoms with E-state index in [1.165, 1.54) is 0 Å². The lowest BCUT2D eigenvalue weighted by molar-refractivity contribution is -0.0797. The number of hydrogen-bond donors (Lipinski definition) is 4. The molecule has 1 fully saturated rings. The molecule has 0 spiro atoms. The van der Waals surface area contributed by atoms with Crippen molar-refractivity contribution in [2.75, 3.05) is 13.2 Å². The monoisotopic (exact) mass is 178 g/mol. The quantitative estimate of drug-likeness (QED) is 0.360. The summed E-state index contributed by atoms with van der Waals surface area (Å²) in [5.74, 6) is 0. The maximum Gasteiger partial charge on any atom is 0.108 e. The van der Waals surface area contributed by atoms with E-state index in [1.54, 1.807) is 0 Å². The lowest BCUT2D eigenvalue weighted by atomic mass is 10.0. The molecule has 1 saturated heterocycles. The third kappa shape index (κ3) is 2.69. The topological polar surface area (TPSA) is 93.5 Å². The fourth-order valence-corrected chi connectivity index (χ4v) is 0.977. The lowest BCUT2D eigenvalue weighted by Gasteiger charge is -2.20. The first-order valence-electron chi connectivity index (χ1n) is 3.91. The third-order valence-corrected chi connectivity index (χ3v) is 1.88. The highest BCUT2D eigenvalue weighted by atomic mass is 16.6. The van der Waals surface area contributed by atoms with Crippen LogP contribution in [0.5, 0.6) is 0 Å². The Labute approximate surface area is 70.2 Å². The van der Waals surface area contributed by atoms with E-state index in [2.05, 4.69) is 0 Å². The minimum Gasteiger partial charge on any atom is -0.394 e. The maximum atomic E-state index is 9.23. The first kappa shape index (κ1) is 9.88. The van der Waals surface area contributed by atoms with E-state index in [0.29, 0.717) is 13.0 Å². The molecule has 0 saturated carbocycles. The summed E-state index contributed by atoms with van der Waals surface area (Å²) in [4.78, 5) is 0. The van der Waals surface area contributed by atoms with Crippen LogP contribution in [0.15, 0.2) is 0 Å². The summed E-state index contributed by atoms with van der Waals surface area (Å²) in [6, 6.07) is 0. The predicted molar refractivity (Wildman–Crippen MR) is 39.5 cm³/mol. The largest absolute Gasteiger partial charge is 0.394 e. The van der Waals surface area contributed by atoms with Gasteiger partial charge in [-0.15, -0.1) is 0 Å². The molecule has 0 aromatic heterocycles. The molecule has 0 radical (unpaired) electrons. The van der Waals surface area contributed by atoms with Gasteiger partial charge in [0.15, 0.2) is 0 Å². The van der Waals surface area contributed by atoms with Crippen LogP contribution in [0.25, 0.3) is 0 Å². The second-order valence-corrected chi connectivity index (χ2v) is 3.00. The molecule has 4 N–H and O–H groups in total.